The highest BCUT2D eigenvalue weighted by molar-refractivity contribution is 6.10. The second kappa shape index (κ2) is 16.0. The third kappa shape index (κ3) is 6.59. The molecule has 0 fully saturated rings. The molecule has 1 aliphatic heterocycles. The fourth-order valence-electron chi connectivity index (χ4n) is 10.3. The number of benzene rings is 10. The number of hydrogen-bond donors (Lipinski definition) is 0. The molecule has 0 radical (unpaired) electrons. The molecule has 0 bridgehead atoms. The summed E-state index contributed by atoms with van der Waals surface area (Å²) >= 11 is 0. The van der Waals surface area contributed by atoms with Gasteiger partial charge in [0.25, 0.3) is 0 Å². The summed E-state index contributed by atoms with van der Waals surface area (Å²) in [6.45, 7) is 4.71. The van der Waals surface area contributed by atoms with E-state index in [1.807, 2.05) is 0 Å². The summed E-state index contributed by atoms with van der Waals surface area (Å²) in [5, 5.41) is 2.48. The first-order valence-electron chi connectivity index (χ1n) is 22.8. The van der Waals surface area contributed by atoms with Crippen LogP contribution in [-0.4, -0.2) is 4.57 Å². The minimum absolute atomic E-state index is 0.193. The van der Waals surface area contributed by atoms with Gasteiger partial charge in [-0.25, -0.2) is 0 Å². The summed E-state index contributed by atoms with van der Waals surface area (Å²) in [6.07, 6.45) is 0. The van der Waals surface area contributed by atoms with Gasteiger partial charge in [0, 0.05) is 44.5 Å². The maximum absolute atomic E-state index is 2.44. The van der Waals surface area contributed by atoms with Crippen LogP contribution in [0.25, 0.3) is 60.9 Å². The van der Waals surface area contributed by atoms with E-state index in [0.29, 0.717) is 0 Å². The summed E-state index contributed by atoms with van der Waals surface area (Å²) in [6, 6.07) is 90.7. The molecule has 2 heterocycles. The lowest BCUT2D eigenvalue weighted by Crippen LogP contribution is -2.30. The van der Waals surface area contributed by atoms with E-state index in [1.54, 1.807) is 0 Å². The average molecular weight is 846 g/mol. The maximum Gasteiger partial charge on any atom is 0.0541 e. The maximum atomic E-state index is 2.44. The fourth-order valence-corrected chi connectivity index (χ4v) is 10.3. The normalized spacial score (nSPS) is 12.8. The number of rotatable bonds is 8. The Morgan fingerprint density at radius 2 is 0.924 bits per heavy atom. The van der Waals surface area contributed by atoms with E-state index in [0.717, 1.165) is 45.1 Å². The van der Waals surface area contributed by atoms with Crippen molar-refractivity contribution in [2.75, 3.05) is 9.80 Å². The van der Waals surface area contributed by atoms with Crippen molar-refractivity contribution in [2.45, 2.75) is 19.3 Å². The molecule has 0 amide bonds. The first kappa shape index (κ1) is 39.2. The van der Waals surface area contributed by atoms with E-state index >= 15 is 0 Å². The first-order valence-corrected chi connectivity index (χ1v) is 22.8. The van der Waals surface area contributed by atoms with E-state index in [2.05, 4.69) is 277 Å². The predicted octanol–water partition coefficient (Wildman–Crippen LogP) is 17.4. The molecule has 3 nitrogen and oxygen atoms in total. The molecule has 12 rings (SSSR count). The van der Waals surface area contributed by atoms with Crippen LogP contribution in [0.15, 0.2) is 249 Å². The molecule has 66 heavy (non-hydrogen) atoms. The third-order valence-electron chi connectivity index (χ3n) is 13.6. The van der Waals surface area contributed by atoms with E-state index in [4.69, 9.17) is 0 Å². The lowest BCUT2D eigenvalue weighted by Gasteiger charge is -2.42. The zero-order valence-corrected chi connectivity index (χ0v) is 37.0. The molecule has 0 saturated heterocycles. The zero-order valence-electron chi connectivity index (χ0n) is 37.0. The number of para-hydroxylation sites is 5. The van der Waals surface area contributed by atoms with Crippen molar-refractivity contribution in [1.29, 1.82) is 0 Å². The molecule has 3 heteroatoms. The van der Waals surface area contributed by atoms with E-state index in [-0.39, 0.29) is 5.41 Å². The van der Waals surface area contributed by atoms with E-state index in [9.17, 15) is 0 Å². The summed E-state index contributed by atoms with van der Waals surface area (Å²) in [7, 11) is 0. The molecular formula is C63H47N3. The van der Waals surface area contributed by atoms with Crippen molar-refractivity contribution in [3.05, 3.63) is 260 Å². The lowest BCUT2D eigenvalue weighted by atomic mass is 9.73. The molecule has 0 saturated carbocycles. The van der Waals surface area contributed by atoms with Crippen LogP contribution < -0.4 is 9.80 Å². The van der Waals surface area contributed by atoms with Gasteiger partial charge in [-0.1, -0.05) is 178 Å². The van der Waals surface area contributed by atoms with Gasteiger partial charge >= 0.3 is 0 Å². The van der Waals surface area contributed by atoms with Crippen LogP contribution in [0.3, 0.4) is 0 Å². The van der Waals surface area contributed by atoms with Gasteiger partial charge in [0.05, 0.1) is 28.1 Å². The van der Waals surface area contributed by atoms with Crippen LogP contribution >= 0.6 is 0 Å². The minimum Gasteiger partial charge on any atom is -0.310 e. The molecular weight excluding hydrogens is 799 g/mol. The van der Waals surface area contributed by atoms with Gasteiger partial charge in [0.2, 0.25) is 0 Å². The Kier molecular flexibility index (Phi) is 9.50. The second-order valence-corrected chi connectivity index (χ2v) is 17.8. The first-order chi connectivity index (χ1) is 32.5. The zero-order chi connectivity index (χ0) is 44.2. The van der Waals surface area contributed by atoms with Crippen LogP contribution in [0.4, 0.5) is 34.1 Å². The third-order valence-corrected chi connectivity index (χ3v) is 13.6. The Labute approximate surface area is 386 Å². The Balaban J connectivity index is 1.02. The van der Waals surface area contributed by atoms with Crippen molar-refractivity contribution >= 4 is 55.9 Å². The van der Waals surface area contributed by atoms with Gasteiger partial charge in [-0.3, -0.25) is 0 Å². The Bertz CT molecular complexity index is 3550. The fraction of sp³-hybridized carbons (Fsp3) is 0.0476. The molecule has 0 unspecified atom stereocenters. The van der Waals surface area contributed by atoms with E-state index in [1.165, 1.54) is 61.0 Å². The SMILES string of the molecule is CC1(C)c2ccccc2N(c2ccccc2)c2cc(-c3ccccc3N(c3ccc(-c4ccccc4)cc3)c3cccc(-c4ccc5c(c4)c4ccccc4n5-c4ccccc4)c3)ccc21. The molecule has 11 aromatic rings. The highest BCUT2D eigenvalue weighted by Crippen LogP contribution is 2.53. The predicted molar refractivity (Wildman–Crippen MR) is 279 cm³/mol. The average Bonchev–Trinajstić information content (AvgIpc) is 3.71. The largest absolute Gasteiger partial charge is 0.310 e. The molecule has 1 aliphatic rings. The van der Waals surface area contributed by atoms with E-state index < -0.39 is 0 Å². The minimum atomic E-state index is -0.193. The van der Waals surface area contributed by atoms with Crippen molar-refractivity contribution in [3.63, 3.8) is 0 Å². The molecule has 10 aromatic carbocycles. The quantitative estimate of drug-likeness (QED) is 0.151. The highest BCUT2D eigenvalue weighted by Gasteiger charge is 2.37. The standard InChI is InChI=1S/C63H47N3/c1-63(2)56-29-14-17-32-61(56)66(50-24-10-5-11-25-50)62-43-48(35-39-57(62)63)53-27-12-15-30-58(53)64(51-37-33-45(34-38-51)44-19-6-3-7-20-44)52-26-18-21-46(41-52)47-36-40-60-55(42-47)54-28-13-16-31-59(54)65(60)49-22-8-4-9-23-49/h3-43H,1-2H3. The van der Waals surface area contributed by atoms with Gasteiger partial charge in [-0.05, 0) is 124 Å². The topological polar surface area (TPSA) is 11.4 Å². The molecule has 0 N–H and O–H groups in total. The summed E-state index contributed by atoms with van der Waals surface area (Å²) in [4.78, 5) is 4.88. The van der Waals surface area contributed by atoms with Crippen molar-refractivity contribution in [1.82, 2.24) is 4.57 Å². The smallest absolute Gasteiger partial charge is 0.0541 e. The highest BCUT2D eigenvalue weighted by atomic mass is 15.2. The van der Waals surface area contributed by atoms with Gasteiger partial charge < -0.3 is 14.4 Å². The second-order valence-electron chi connectivity index (χ2n) is 17.8. The van der Waals surface area contributed by atoms with Crippen LogP contribution in [0.1, 0.15) is 25.0 Å². The van der Waals surface area contributed by atoms with Crippen LogP contribution in [0.5, 0.6) is 0 Å². The summed E-state index contributed by atoms with van der Waals surface area (Å²) in [5.41, 5.74) is 19.8. The molecule has 1 aromatic heterocycles. The van der Waals surface area contributed by atoms with Gasteiger partial charge in [0.1, 0.15) is 0 Å². The van der Waals surface area contributed by atoms with Crippen LogP contribution in [0, 0.1) is 0 Å². The van der Waals surface area contributed by atoms with Crippen molar-refractivity contribution in [2.24, 2.45) is 0 Å². The van der Waals surface area contributed by atoms with Gasteiger partial charge in [0.15, 0.2) is 0 Å². The van der Waals surface area contributed by atoms with Gasteiger partial charge in [-0.2, -0.15) is 0 Å². The number of aromatic nitrogens is 1. The summed E-state index contributed by atoms with van der Waals surface area (Å²) in [5.74, 6) is 0. The monoisotopic (exact) mass is 845 g/mol. The molecule has 0 aliphatic carbocycles. The molecule has 0 spiro atoms. The Morgan fingerprint density at radius 1 is 0.348 bits per heavy atom. The summed E-state index contributed by atoms with van der Waals surface area (Å²) < 4.78 is 2.38. The van der Waals surface area contributed by atoms with Crippen LogP contribution in [0.2, 0.25) is 0 Å². The number of fused-ring (bicyclic) bond motifs is 5. The number of hydrogen-bond acceptors (Lipinski definition) is 2. The number of nitrogens with zero attached hydrogens (tertiary/aromatic N) is 3. The number of anilines is 6. The molecule has 314 valence electrons. The lowest BCUT2D eigenvalue weighted by molar-refractivity contribution is 0.632. The Morgan fingerprint density at radius 3 is 1.73 bits per heavy atom. The van der Waals surface area contributed by atoms with Crippen LogP contribution in [-0.2, 0) is 5.41 Å². The van der Waals surface area contributed by atoms with Crippen molar-refractivity contribution in [3.8, 4) is 39.1 Å². The Hall–Kier alpha value is -8.40. The molecule has 0 atom stereocenters. The van der Waals surface area contributed by atoms with Gasteiger partial charge in [-0.15, -0.1) is 0 Å². The van der Waals surface area contributed by atoms with Crippen molar-refractivity contribution < 1.29 is 0 Å².